The van der Waals surface area contributed by atoms with Gasteiger partial charge < -0.3 is 0 Å². The summed E-state index contributed by atoms with van der Waals surface area (Å²) in [6, 6.07) is 9.88. The molecule has 1 aromatic carbocycles. The lowest BCUT2D eigenvalue weighted by Gasteiger charge is -1.95. The molecule has 102 valence electrons. The summed E-state index contributed by atoms with van der Waals surface area (Å²) >= 11 is 1.54. The van der Waals surface area contributed by atoms with Crippen molar-refractivity contribution < 1.29 is 4.79 Å². The number of allylic oxidation sites excluding steroid dienone is 1. The fraction of sp³-hybridized carbons (Fsp3) is 0.133. The largest absolute Gasteiger partial charge is 0.273 e. The zero-order valence-electron chi connectivity index (χ0n) is 11.1. The van der Waals surface area contributed by atoms with Gasteiger partial charge in [0.05, 0.1) is 17.1 Å². The van der Waals surface area contributed by atoms with Gasteiger partial charge in [-0.3, -0.25) is 4.79 Å². The molecule has 0 aliphatic heterocycles. The molecule has 2 rings (SSSR count). The highest BCUT2D eigenvalue weighted by molar-refractivity contribution is 7.09. The zero-order valence-corrected chi connectivity index (χ0v) is 11.9. The van der Waals surface area contributed by atoms with Crippen LogP contribution in [0.4, 0.5) is 0 Å². The molecule has 0 bridgehead atoms. The molecular weight excluding hydrogens is 270 g/mol. The first-order chi connectivity index (χ1) is 9.74. The van der Waals surface area contributed by atoms with Crippen molar-refractivity contribution >= 4 is 29.5 Å². The molecule has 0 unspecified atom stereocenters. The lowest BCUT2D eigenvalue weighted by Crippen LogP contribution is -2.19. The van der Waals surface area contributed by atoms with Crippen molar-refractivity contribution in [2.75, 3.05) is 0 Å². The molecule has 1 amide bonds. The summed E-state index contributed by atoms with van der Waals surface area (Å²) in [5, 5.41) is 6.70. The lowest BCUT2D eigenvalue weighted by molar-refractivity contribution is -0.120. The van der Waals surface area contributed by atoms with Gasteiger partial charge in [-0.05, 0) is 18.6 Å². The molecule has 1 aromatic heterocycles. The van der Waals surface area contributed by atoms with Crippen LogP contribution in [0.5, 0.6) is 0 Å². The van der Waals surface area contributed by atoms with E-state index in [0.717, 1.165) is 16.3 Å². The first-order valence-electron chi connectivity index (χ1n) is 6.18. The van der Waals surface area contributed by atoms with Crippen molar-refractivity contribution in [3.8, 4) is 0 Å². The van der Waals surface area contributed by atoms with E-state index in [4.69, 9.17) is 0 Å². The predicted molar refractivity (Wildman–Crippen MR) is 82.7 cm³/mol. The van der Waals surface area contributed by atoms with Crippen molar-refractivity contribution in [2.24, 2.45) is 5.10 Å². The molecule has 0 saturated carbocycles. The molecule has 2 aromatic rings. The van der Waals surface area contributed by atoms with E-state index in [0.29, 0.717) is 0 Å². The van der Waals surface area contributed by atoms with Crippen LogP contribution in [-0.2, 0) is 11.2 Å². The molecule has 5 heteroatoms. The van der Waals surface area contributed by atoms with Crippen LogP contribution in [0, 0.1) is 6.92 Å². The molecule has 0 spiro atoms. The van der Waals surface area contributed by atoms with Gasteiger partial charge in [0.25, 0.3) is 0 Å². The molecular formula is C15H15N3OS. The lowest BCUT2D eigenvalue weighted by atomic mass is 10.2. The normalized spacial score (nSPS) is 11.2. The van der Waals surface area contributed by atoms with Crippen molar-refractivity contribution in [3.05, 3.63) is 58.1 Å². The van der Waals surface area contributed by atoms with Crippen molar-refractivity contribution in [1.29, 1.82) is 0 Å². The second-order valence-electron chi connectivity index (χ2n) is 4.12. The molecule has 4 nitrogen and oxygen atoms in total. The minimum absolute atomic E-state index is 0.167. The number of benzene rings is 1. The maximum absolute atomic E-state index is 11.6. The Labute approximate surface area is 121 Å². The molecule has 1 N–H and O–H groups in total. The number of nitrogens with zero attached hydrogens (tertiary/aromatic N) is 2. The van der Waals surface area contributed by atoms with Gasteiger partial charge in [0, 0.05) is 11.6 Å². The minimum Gasteiger partial charge on any atom is -0.273 e. The Kier molecular flexibility index (Phi) is 5.20. The van der Waals surface area contributed by atoms with Crippen LogP contribution in [0.2, 0.25) is 0 Å². The highest BCUT2D eigenvalue weighted by Gasteiger charge is 2.04. The summed E-state index contributed by atoms with van der Waals surface area (Å²) in [5.41, 5.74) is 4.33. The van der Waals surface area contributed by atoms with E-state index < -0.39 is 0 Å². The fourth-order valence-corrected chi connectivity index (χ4v) is 2.18. The molecule has 20 heavy (non-hydrogen) atoms. The number of hydrogen-bond donors (Lipinski definition) is 1. The van der Waals surface area contributed by atoms with E-state index in [1.807, 2.05) is 48.7 Å². The van der Waals surface area contributed by atoms with E-state index in [1.165, 1.54) is 11.3 Å². The first-order valence-corrected chi connectivity index (χ1v) is 7.06. The maximum atomic E-state index is 11.6. The number of rotatable bonds is 5. The number of hydrogen-bond acceptors (Lipinski definition) is 4. The predicted octanol–water partition coefficient (Wildman–Crippen LogP) is 2.81. The molecule has 0 fully saturated rings. The van der Waals surface area contributed by atoms with Crippen LogP contribution in [0.3, 0.4) is 0 Å². The van der Waals surface area contributed by atoms with Crippen molar-refractivity contribution in [2.45, 2.75) is 13.3 Å². The Morgan fingerprint density at radius 1 is 1.40 bits per heavy atom. The van der Waals surface area contributed by atoms with Crippen LogP contribution < -0.4 is 5.43 Å². The third-order valence-corrected chi connectivity index (χ3v) is 3.27. The van der Waals surface area contributed by atoms with Gasteiger partial charge in [0.1, 0.15) is 0 Å². The quantitative estimate of drug-likeness (QED) is 0.678. The van der Waals surface area contributed by atoms with Gasteiger partial charge in [-0.2, -0.15) is 5.10 Å². The summed E-state index contributed by atoms with van der Waals surface area (Å²) in [6.45, 7) is 1.92. The average molecular weight is 285 g/mol. The molecule has 0 atom stereocenters. The Hall–Kier alpha value is -2.27. The number of hydrazone groups is 1. The SMILES string of the molecule is Cc1nc(CC(=O)N/N=C/C=C/c2ccccc2)cs1. The zero-order chi connectivity index (χ0) is 14.2. The number of carbonyl (C=O) groups excluding carboxylic acids is 1. The monoisotopic (exact) mass is 285 g/mol. The maximum Gasteiger partial charge on any atom is 0.246 e. The highest BCUT2D eigenvalue weighted by atomic mass is 32.1. The van der Waals surface area contributed by atoms with Gasteiger partial charge in [-0.1, -0.05) is 36.4 Å². The van der Waals surface area contributed by atoms with Crippen LogP contribution in [0.25, 0.3) is 6.08 Å². The third-order valence-electron chi connectivity index (χ3n) is 2.45. The van der Waals surface area contributed by atoms with Crippen LogP contribution in [0.15, 0.2) is 46.9 Å². The second-order valence-corrected chi connectivity index (χ2v) is 5.18. The van der Waals surface area contributed by atoms with E-state index in [2.05, 4.69) is 15.5 Å². The molecule has 0 radical (unpaired) electrons. The Morgan fingerprint density at radius 2 is 2.20 bits per heavy atom. The molecule has 0 aliphatic rings. The van der Waals surface area contributed by atoms with Gasteiger partial charge in [0.2, 0.25) is 5.91 Å². The van der Waals surface area contributed by atoms with E-state index in [-0.39, 0.29) is 12.3 Å². The Balaban J connectivity index is 1.76. The van der Waals surface area contributed by atoms with E-state index in [9.17, 15) is 4.79 Å². The smallest absolute Gasteiger partial charge is 0.246 e. The number of thiazole rings is 1. The highest BCUT2D eigenvalue weighted by Crippen LogP contribution is 2.08. The van der Waals surface area contributed by atoms with E-state index in [1.54, 1.807) is 12.3 Å². The Morgan fingerprint density at radius 3 is 2.90 bits per heavy atom. The van der Waals surface area contributed by atoms with Gasteiger partial charge in [-0.25, -0.2) is 10.4 Å². The number of carbonyl (C=O) groups is 1. The standard InChI is InChI=1S/C15H15N3OS/c1-12-17-14(11-20-12)10-15(19)18-16-9-5-8-13-6-3-2-4-7-13/h2-9,11H,10H2,1H3,(H,18,19)/b8-5+,16-9+. The number of amides is 1. The second kappa shape index (κ2) is 7.35. The van der Waals surface area contributed by atoms with Crippen molar-refractivity contribution in [3.63, 3.8) is 0 Å². The van der Waals surface area contributed by atoms with Gasteiger partial charge in [0.15, 0.2) is 0 Å². The Bertz CT molecular complexity index is 617. The first kappa shape index (κ1) is 14.1. The number of aryl methyl sites for hydroxylation is 1. The van der Waals surface area contributed by atoms with Crippen LogP contribution in [0.1, 0.15) is 16.3 Å². The molecule has 0 aliphatic carbocycles. The van der Waals surface area contributed by atoms with Crippen LogP contribution in [-0.4, -0.2) is 17.1 Å². The fourth-order valence-electron chi connectivity index (χ4n) is 1.56. The van der Waals surface area contributed by atoms with Crippen molar-refractivity contribution in [1.82, 2.24) is 10.4 Å². The summed E-state index contributed by atoms with van der Waals surface area (Å²) in [4.78, 5) is 15.8. The minimum atomic E-state index is -0.167. The number of aromatic nitrogens is 1. The summed E-state index contributed by atoms with van der Waals surface area (Å²) in [5.74, 6) is -0.167. The number of nitrogens with one attached hydrogen (secondary N) is 1. The van der Waals surface area contributed by atoms with Gasteiger partial charge in [-0.15, -0.1) is 11.3 Å². The summed E-state index contributed by atoms with van der Waals surface area (Å²) in [7, 11) is 0. The van der Waals surface area contributed by atoms with Crippen LogP contribution >= 0.6 is 11.3 Å². The molecule has 0 saturated heterocycles. The van der Waals surface area contributed by atoms with Gasteiger partial charge >= 0.3 is 0 Å². The summed E-state index contributed by atoms with van der Waals surface area (Å²) < 4.78 is 0. The molecule has 1 heterocycles. The van der Waals surface area contributed by atoms with E-state index >= 15 is 0 Å². The topological polar surface area (TPSA) is 54.4 Å². The third kappa shape index (κ3) is 4.78. The summed E-state index contributed by atoms with van der Waals surface area (Å²) in [6.07, 6.45) is 5.50. The average Bonchev–Trinajstić information content (AvgIpc) is 2.85.